The molecule has 2 fully saturated rings. The van der Waals surface area contributed by atoms with Gasteiger partial charge in [0.1, 0.15) is 30.0 Å². The van der Waals surface area contributed by atoms with Crippen LogP contribution >= 0.6 is 31.9 Å². The van der Waals surface area contributed by atoms with Crippen molar-refractivity contribution >= 4 is 43.5 Å². The number of halogens is 4. The maximum Gasteiger partial charge on any atom is 0.259 e. The Hall–Kier alpha value is -2.84. The number of nitrogens with zero attached hydrogens (tertiary/aromatic N) is 5. The van der Waals surface area contributed by atoms with E-state index in [9.17, 15) is 34.2 Å². The quantitative estimate of drug-likeness (QED) is 0.314. The number of aliphatic hydroxyl groups excluding tert-OH is 3. The topological polar surface area (TPSA) is 154 Å². The van der Waals surface area contributed by atoms with Gasteiger partial charge >= 0.3 is 0 Å². The fraction of sp³-hybridized carbons (Fsp3) is 0.407. The number of carbonyl (C=O) groups is 1. The van der Waals surface area contributed by atoms with Crippen LogP contribution in [0.1, 0.15) is 24.4 Å². The minimum Gasteiger partial charge on any atom is -0.394 e. The molecule has 222 valence electrons. The molecule has 1 aliphatic heterocycles. The van der Waals surface area contributed by atoms with Gasteiger partial charge in [-0.25, -0.2) is 13.5 Å². The van der Waals surface area contributed by atoms with Crippen LogP contribution in [0.4, 0.5) is 14.5 Å². The van der Waals surface area contributed by atoms with Crippen LogP contribution in [-0.4, -0.2) is 86.5 Å². The zero-order chi connectivity index (χ0) is 30.3. The second-order valence-corrected chi connectivity index (χ2v) is 11.8. The molecule has 0 spiro atoms. The molecule has 1 amide bonds. The number of ether oxygens (including phenoxy) is 2. The average Bonchev–Trinajstić information content (AvgIpc) is 3.46. The van der Waals surface area contributed by atoms with Gasteiger partial charge < -0.3 is 29.7 Å². The maximum absolute atomic E-state index is 14.7. The number of hydrogen-bond acceptors (Lipinski definition) is 9. The highest BCUT2D eigenvalue weighted by Crippen LogP contribution is 2.38. The van der Waals surface area contributed by atoms with Gasteiger partial charge in [0.15, 0.2) is 17.7 Å². The van der Waals surface area contributed by atoms with Crippen LogP contribution in [0.15, 0.2) is 45.5 Å². The number of anilines is 1. The fourth-order valence-electron chi connectivity index (χ4n) is 5.29. The maximum atomic E-state index is 14.7. The summed E-state index contributed by atoms with van der Waals surface area (Å²) in [6.45, 7) is -0.673. The number of aliphatic hydroxyl groups is 3. The first-order chi connectivity index (χ1) is 20.1. The van der Waals surface area contributed by atoms with E-state index in [0.29, 0.717) is 23.0 Å². The molecule has 2 aliphatic rings. The molecule has 11 nitrogen and oxygen atoms in total. The first-order valence-electron chi connectivity index (χ1n) is 12.8. The van der Waals surface area contributed by atoms with Crippen LogP contribution in [0.2, 0.25) is 0 Å². The van der Waals surface area contributed by atoms with E-state index in [4.69, 9.17) is 9.47 Å². The minimum atomic E-state index is -1.45. The Labute approximate surface area is 255 Å². The van der Waals surface area contributed by atoms with E-state index in [1.807, 2.05) is 6.07 Å². The molecule has 1 saturated heterocycles. The van der Waals surface area contributed by atoms with Gasteiger partial charge in [0, 0.05) is 22.8 Å². The first kappa shape index (κ1) is 30.6. The largest absolute Gasteiger partial charge is 0.394 e. The number of hydrogen-bond donors (Lipinski definition) is 3. The molecular formula is C27H25Br2F2N5O6. The lowest BCUT2D eigenvalue weighted by Gasteiger charge is -2.47. The third kappa shape index (κ3) is 5.48. The molecule has 0 bridgehead atoms. The molecule has 5 rings (SSSR count). The molecule has 3 aromatic rings. The first-order valence-corrected chi connectivity index (χ1v) is 14.4. The SMILES string of the molecule is CO[C@@H]1[C@@H](n2cc(-c3ccc(Br)c(F)c3F)nn2)[C@@H](O)[C@@H](CO)O[C@H]1C(=O)N(c1cc(Br)cc(C#N)c1)[C@H]1CC[C@@H]1O. The van der Waals surface area contributed by atoms with E-state index in [1.54, 1.807) is 12.1 Å². The van der Waals surface area contributed by atoms with Gasteiger partial charge in [-0.3, -0.25) is 4.79 Å². The molecule has 15 heteroatoms. The zero-order valence-corrected chi connectivity index (χ0v) is 25.1. The molecule has 1 saturated carbocycles. The van der Waals surface area contributed by atoms with E-state index in [-0.39, 0.29) is 21.3 Å². The summed E-state index contributed by atoms with van der Waals surface area (Å²) in [5.41, 5.74) is 0.365. The van der Waals surface area contributed by atoms with Crippen molar-refractivity contribution < 1.29 is 38.4 Å². The van der Waals surface area contributed by atoms with E-state index in [0.717, 1.165) is 4.68 Å². The second-order valence-electron chi connectivity index (χ2n) is 10.00. The van der Waals surface area contributed by atoms with Crippen LogP contribution in [0.25, 0.3) is 11.3 Å². The normalized spacial score (nSPS) is 27.3. The highest BCUT2D eigenvalue weighted by Gasteiger charge is 2.52. The minimum absolute atomic E-state index is 0.0479. The highest BCUT2D eigenvalue weighted by atomic mass is 79.9. The van der Waals surface area contributed by atoms with Gasteiger partial charge in [0.2, 0.25) is 0 Å². The van der Waals surface area contributed by atoms with Gasteiger partial charge in [0.05, 0.1) is 41.1 Å². The Morgan fingerprint density at radius 1 is 1.24 bits per heavy atom. The van der Waals surface area contributed by atoms with Crippen LogP contribution in [-0.2, 0) is 14.3 Å². The summed E-state index contributed by atoms with van der Waals surface area (Å²) in [5, 5.41) is 49.2. The van der Waals surface area contributed by atoms with Crippen molar-refractivity contribution in [2.75, 3.05) is 18.6 Å². The number of amides is 1. The summed E-state index contributed by atoms with van der Waals surface area (Å²) in [4.78, 5) is 15.6. The lowest BCUT2D eigenvalue weighted by atomic mass is 9.85. The summed E-state index contributed by atoms with van der Waals surface area (Å²) in [7, 11) is 1.30. The van der Waals surface area contributed by atoms with Crippen molar-refractivity contribution in [2.45, 2.75) is 55.4 Å². The lowest BCUT2D eigenvalue weighted by Crippen LogP contribution is -2.64. The van der Waals surface area contributed by atoms with E-state index < -0.39 is 66.8 Å². The monoisotopic (exact) mass is 711 g/mol. The Kier molecular flexibility index (Phi) is 9.05. The summed E-state index contributed by atoms with van der Waals surface area (Å²) in [6.07, 6.45) is -3.98. The lowest BCUT2D eigenvalue weighted by molar-refractivity contribution is -0.211. The zero-order valence-electron chi connectivity index (χ0n) is 21.9. The van der Waals surface area contributed by atoms with Gasteiger partial charge in [-0.1, -0.05) is 21.1 Å². The molecule has 1 aromatic heterocycles. The third-order valence-corrected chi connectivity index (χ3v) is 8.64. The molecule has 3 N–H and O–H groups in total. The predicted octanol–water partition coefficient (Wildman–Crippen LogP) is 2.85. The summed E-state index contributed by atoms with van der Waals surface area (Å²) in [5.74, 6) is -2.92. The number of aromatic nitrogens is 3. The van der Waals surface area contributed by atoms with Crippen molar-refractivity contribution in [3.05, 3.63) is 62.7 Å². The number of nitriles is 1. The highest BCUT2D eigenvalue weighted by molar-refractivity contribution is 9.10. The molecule has 1 aliphatic carbocycles. The standard InChI is InChI=1S/C27H25Br2F2N5O6/c1-41-25-23(35-10-17(33-34-35)15-2-3-16(29)22(31)21(15)30)24(39)20(11-37)42-26(25)27(40)36(18-4-5-19(18)38)14-7-12(9-32)6-13(28)8-14/h2-3,6-8,10,18-20,23-26,37-39H,4-5,11H2,1H3/t18-,19-,20+,23-,24-,25+,26+/m0/s1. The predicted molar refractivity (Wildman–Crippen MR) is 150 cm³/mol. The van der Waals surface area contributed by atoms with E-state index in [2.05, 4.69) is 42.2 Å². The average molecular weight is 713 g/mol. The van der Waals surface area contributed by atoms with Crippen LogP contribution in [0.5, 0.6) is 0 Å². The van der Waals surface area contributed by atoms with Crippen molar-refractivity contribution in [3.8, 4) is 17.3 Å². The summed E-state index contributed by atoms with van der Waals surface area (Å²) in [6, 6.07) is 7.57. The van der Waals surface area contributed by atoms with Gasteiger partial charge in [-0.15, -0.1) is 5.10 Å². The second kappa shape index (κ2) is 12.4. The summed E-state index contributed by atoms with van der Waals surface area (Å²) < 4.78 is 42.1. The fourth-order valence-corrected chi connectivity index (χ4v) is 6.08. The summed E-state index contributed by atoms with van der Waals surface area (Å²) >= 11 is 6.29. The molecule has 2 aromatic carbocycles. The van der Waals surface area contributed by atoms with Crippen molar-refractivity contribution in [2.24, 2.45) is 0 Å². The van der Waals surface area contributed by atoms with Gasteiger partial charge in [-0.05, 0) is 59.1 Å². The third-order valence-electron chi connectivity index (χ3n) is 7.57. The number of carbonyl (C=O) groups excluding carboxylic acids is 1. The number of methoxy groups -OCH3 is 1. The van der Waals surface area contributed by atoms with E-state index >= 15 is 0 Å². The van der Waals surface area contributed by atoms with Gasteiger partial charge in [0.25, 0.3) is 5.91 Å². The van der Waals surface area contributed by atoms with Crippen LogP contribution in [0, 0.1) is 23.0 Å². The van der Waals surface area contributed by atoms with E-state index in [1.165, 1.54) is 36.4 Å². The molecule has 42 heavy (non-hydrogen) atoms. The molecule has 2 heterocycles. The van der Waals surface area contributed by atoms with Crippen molar-refractivity contribution in [3.63, 3.8) is 0 Å². The molecule has 7 atom stereocenters. The Bertz CT molecular complexity index is 1540. The van der Waals surface area contributed by atoms with Crippen LogP contribution < -0.4 is 4.90 Å². The molecular weight excluding hydrogens is 688 g/mol. The number of benzene rings is 2. The van der Waals surface area contributed by atoms with Crippen molar-refractivity contribution in [1.29, 1.82) is 5.26 Å². The van der Waals surface area contributed by atoms with Crippen LogP contribution in [0.3, 0.4) is 0 Å². The van der Waals surface area contributed by atoms with Crippen molar-refractivity contribution in [1.82, 2.24) is 15.0 Å². The Morgan fingerprint density at radius 3 is 2.62 bits per heavy atom. The number of rotatable bonds is 7. The molecule has 0 unspecified atom stereocenters. The Morgan fingerprint density at radius 2 is 2.00 bits per heavy atom. The molecule has 0 radical (unpaired) electrons. The Balaban J connectivity index is 1.54. The van der Waals surface area contributed by atoms with Gasteiger partial charge in [-0.2, -0.15) is 5.26 Å². The smallest absolute Gasteiger partial charge is 0.259 e.